The molecule has 1 aliphatic rings. The maximum Gasteiger partial charge on any atom is 0.203 e. The molecule has 2 atom stereocenters. The summed E-state index contributed by atoms with van der Waals surface area (Å²) in [6, 6.07) is 4.59. The van der Waals surface area contributed by atoms with Crippen LogP contribution in [0.2, 0.25) is 0 Å². The van der Waals surface area contributed by atoms with Gasteiger partial charge in [-0.15, -0.1) is 0 Å². The third-order valence-electron chi connectivity index (χ3n) is 4.21. The minimum absolute atomic E-state index is 0.460. The van der Waals surface area contributed by atoms with Crippen LogP contribution in [0.15, 0.2) is 12.1 Å². The summed E-state index contributed by atoms with van der Waals surface area (Å²) in [6.07, 6.45) is 2.30. The number of benzene rings is 1. The quantitative estimate of drug-likeness (QED) is 0.874. The summed E-state index contributed by atoms with van der Waals surface area (Å²) in [6.45, 7) is 5.59. The van der Waals surface area contributed by atoms with Crippen molar-refractivity contribution in [3.8, 4) is 17.2 Å². The van der Waals surface area contributed by atoms with Crippen molar-refractivity contribution < 1.29 is 14.2 Å². The molecule has 2 unspecified atom stereocenters. The summed E-state index contributed by atoms with van der Waals surface area (Å²) in [5, 5.41) is 3.63. The largest absolute Gasteiger partial charge is 0.493 e. The Kier molecular flexibility index (Phi) is 5.34. The summed E-state index contributed by atoms with van der Waals surface area (Å²) in [5.41, 5.74) is 1.21. The lowest BCUT2D eigenvalue weighted by molar-refractivity contribution is 0.318. The molecule has 0 spiro atoms. The number of rotatable bonds is 6. The normalized spacial score (nSPS) is 21.6. The molecule has 1 aromatic carbocycles. The van der Waals surface area contributed by atoms with Crippen molar-refractivity contribution in [1.82, 2.24) is 5.32 Å². The molecule has 21 heavy (non-hydrogen) atoms. The molecule has 1 aromatic rings. The monoisotopic (exact) mass is 293 g/mol. The fourth-order valence-corrected chi connectivity index (χ4v) is 3.31. The second kappa shape index (κ2) is 7.03. The molecule has 1 saturated heterocycles. The van der Waals surface area contributed by atoms with Crippen LogP contribution in [0.4, 0.5) is 0 Å². The molecule has 2 rings (SSSR count). The van der Waals surface area contributed by atoms with E-state index in [1.165, 1.54) is 12.0 Å². The van der Waals surface area contributed by atoms with E-state index in [4.69, 9.17) is 14.2 Å². The lowest BCUT2D eigenvalue weighted by Gasteiger charge is -2.25. The lowest BCUT2D eigenvalue weighted by atomic mass is 9.86. The molecule has 0 radical (unpaired) electrons. The smallest absolute Gasteiger partial charge is 0.203 e. The predicted octanol–water partition coefficient (Wildman–Crippen LogP) is 3.20. The summed E-state index contributed by atoms with van der Waals surface area (Å²) >= 11 is 0. The first-order valence-electron chi connectivity index (χ1n) is 7.64. The Labute approximate surface area is 127 Å². The van der Waals surface area contributed by atoms with E-state index in [0.29, 0.717) is 29.4 Å². The molecule has 1 fully saturated rings. The second-order valence-electron chi connectivity index (χ2n) is 6.01. The Morgan fingerprint density at radius 2 is 1.81 bits per heavy atom. The molecule has 0 bridgehead atoms. The summed E-state index contributed by atoms with van der Waals surface area (Å²) < 4.78 is 16.5. The number of hydrogen-bond donors (Lipinski definition) is 1. The van der Waals surface area contributed by atoms with E-state index >= 15 is 0 Å². The standard InChI is InChI=1S/C17H27NO3/c1-11(2)10-14-12(8-9-18-14)13-6-7-15(19-3)17(21-5)16(13)20-4/h6-7,11-12,14,18H,8-10H2,1-5H3. The van der Waals surface area contributed by atoms with Crippen molar-refractivity contribution in [3.05, 3.63) is 17.7 Å². The number of hydrogen-bond acceptors (Lipinski definition) is 4. The molecule has 1 aliphatic heterocycles. The number of ether oxygens (including phenoxy) is 3. The molecule has 1 heterocycles. The first-order chi connectivity index (χ1) is 10.1. The Balaban J connectivity index is 2.38. The first-order valence-corrected chi connectivity index (χ1v) is 7.64. The molecule has 118 valence electrons. The topological polar surface area (TPSA) is 39.7 Å². The zero-order chi connectivity index (χ0) is 15.4. The zero-order valence-electron chi connectivity index (χ0n) is 13.7. The van der Waals surface area contributed by atoms with Crippen LogP contribution < -0.4 is 19.5 Å². The molecule has 4 heteroatoms. The molecule has 1 N–H and O–H groups in total. The van der Waals surface area contributed by atoms with Gasteiger partial charge in [0, 0.05) is 17.5 Å². The van der Waals surface area contributed by atoms with E-state index in [-0.39, 0.29) is 0 Å². The van der Waals surface area contributed by atoms with Crippen molar-refractivity contribution in [2.75, 3.05) is 27.9 Å². The van der Waals surface area contributed by atoms with Gasteiger partial charge in [0.15, 0.2) is 11.5 Å². The van der Waals surface area contributed by atoms with Gasteiger partial charge in [0.05, 0.1) is 21.3 Å². The average Bonchev–Trinajstić information content (AvgIpc) is 2.92. The molecule has 0 saturated carbocycles. The molecule has 4 nitrogen and oxygen atoms in total. The Morgan fingerprint density at radius 1 is 1.10 bits per heavy atom. The van der Waals surface area contributed by atoms with Gasteiger partial charge < -0.3 is 19.5 Å². The van der Waals surface area contributed by atoms with Crippen LogP contribution in [0.1, 0.15) is 38.2 Å². The van der Waals surface area contributed by atoms with Crippen LogP contribution in [-0.2, 0) is 0 Å². The van der Waals surface area contributed by atoms with Gasteiger partial charge >= 0.3 is 0 Å². The fourth-order valence-electron chi connectivity index (χ4n) is 3.31. The van der Waals surface area contributed by atoms with Gasteiger partial charge in [-0.25, -0.2) is 0 Å². The summed E-state index contributed by atoms with van der Waals surface area (Å²) in [5.74, 6) is 3.34. The second-order valence-corrected chi connectivity index (χ2v) is 6.01. The van der Waals surface area contributed by atoms with E-state index in [1.807, 2.05) is 6.07 Å². The zero-order valence-corrected chi connectivity index (χ0v) is 13.7. The third kappa shape index (κ3) is 3.26. The highest BCUT2D eigenvalue weighted by molar-refractivity contribution is 5.57. The molecule has 0 aliphatic carbocycles. The van der Waals surface area contributed by atoms with Crippen LogP contribution in [0.3, 0.4) is 0 Å². The van der Waals surface area contributed by atoms with Crippen molar-refractivity contribution in [1.29, 1.82) is 0 Å². The summed E-state index contributed by atoms with van der Waals surface area (Å²) in [4.78, 5) is 0. The van der Waals surface area contributed by atoms with Gasteiger partial charge in [0.1, 0.15) is 0 Å². The highest BCUT2D eigenvalue weighted by Crippen LogP contribution is 2.45. The van der Waals surface area contributed by atoms with Gasteiger partial charge in [0.2, 0.25) is 5.75 Å². The number of methoxy groups -OCH3 is 3. The van der Waals surface area contributed by atoms with Gasteiger partial charge in [-0.1, -0.05) is 19.9 Å². The molecule has 0 amide bonds. The maximum atomic E-state index is 5.64. The van der Waals surface area contributed by atoms with E-state index in [2.05, 4.69) is 25.2 Å². The average molecular weight is 293 g/mol. The van der Waals surface area contributed by atoms with Crippen molar-refractivity contribution in [3.63, 3.8) is 0 Å². The highest BCUT2D eigenvalue weighted by atomic mass is 16.5. The van der Waals surface area contributed by atoms with Crippen LogP contribution in [-0.4, -0.2) is 33.9 Å². The first kappa shape index (κ1) is 16.0. The van der Waals surface area contributed by atoms with E-state index in [1.54, 1.807) is 21.3 Å². The minimum Gasteiger partial charge on any atom is -0.493 e. The van der Waals surface area contributed by atoms with Crippen LogP contribution in [0.25, 0.3) is 0 Å². The number of nitrogens with one attached hydrogen (secondary N) is 1. The molecule has 0 aromatic heterocycles. The van der Waals surface area contributed by atoms with Crippen LogP contribution in [0, 0.1) is 5.92 Å². The van der Waals surface area contributed by atoms with Crippen molar-refractivity contribution in [2.45, 2.75) is 38.6 Å². The third-order valence-corrected chi connectivity index (χ3v) is 4.21. The Bertz CT molecular complexity index is 473. The molecular weight excluding hydrogens is 266 g/mol. The van der Waals surface area contributed by atoms with Crippen LogP contribution >= 0.6 is 0 Å². The predicted molar refractivity (Wildman–Crippen MR) is 84.7 cm³/mol. The van der Waals surface area contributed by atoms with E-state index in [0.717, 1.165) is 18.7 Å². The van der Waals surface area contributed by atoms with Crippen molar-refractivity contribution >= 4 is 0 Å². The maximum absolute atomic E-state index is 5.64. The van der Waals surface area contributed by atoms with Gasteiger partial charge in [-0.3, -0.25) is 0 Å². The fraction of sp³-hybridized carbons (Fsp3) is 0.647. The summed E-state index contributed by atoms with van der Waals surface area (Å²) in [7, 11) is 5.00. The van der Waals surface area contributed by atoms with Crippen LogP contribution in [0.5, 0.6) is 17.2 Å². The lowest BCUT2D eigenvalue weighted by Crippen LogP contribution is -2.27. The van der Waals surface area contributed by atoms with Gasteiger partial charge in [-0.2, -0.15) is 0 Å². The van der Waals surface area contributed by atoms with Crippen molar-refractivity contribution in [2.24, 2.45) is 5.92 Å². The highest BCUT2D eigenvalue weighted by Gasteiger charge is 2.32. The Morgan fingerprint density at radius 3 is 2.38 bits per heavy atom. The SMILES string of the molecule is COc1ccc(C2CCNC2CC(C)C)c(OC)c1OC. The Hall–Kier alpha value is -1.42. The van der Waals surface area contributed by atoms with Gasteiger partial charge in [0.25, 0.3) is 0 Å². The minimum atomic E-state index is 0.460. The van der Waals surface area contributed by atoms with E-state index in [9.17, 15) is 0 Å². The molecular formula is C17H27NO3. The van der Waals surface area contributed by atoms with Gasteiger partial charge in [-0.05, 0) is 31.4 Å². The van der Waals surface area contributed by atoms with E-state index < -0.39 is 0 Å².